The van der Waals surface area contributed by atoms with Gasteiger partial charge in [0.1, 0.15) is 17.3 Å². The van der Waals surface area contributed by atoms with Gasteiger partial charge in [0.25, 0.3) is 5.78 Å². The highest BCUT2D eigenvalue weighted by Crippen LogP contribution is 2.45. The molecule has 37 heavy (non-hydrogen) atoms. The molecule has 196 valence electrons. The summed E-state index contributed by atoms with van der Waals surface area (Å²) in [7, 11) is 0. The molecular formula is C28H36N6O3. The standard InChI is InChI=1S/C28H36N6O3/c1-5-19-13-20(18(4)31-25(19)29)10-11-28(21-8-6-7-9-21)15-23(35)22(26(36)37-28)14-24-32-27-30-16(2)12-17(3)34(27)33-24/h12-13,21-22H,5-11,14-15H2,1-4H3,(H2,29,31). The quantitative estimate of drug-likeness (QED) is 0.380. The molecule has 2 N–H and O–H groups in total. The number of cyclic esters (lactones) is 1. The van der Waals surface area contributed by atoms with Crippen LogP contribution in [-0.4, -0.2) is 41.9 Å². The van der Waals surface area contributed by atoms with Gasteiger partial charge in [-0.3, -0.25) is 9.59 Å². The van der Waals surface area contributed by atoms with Crippen molar-refractivity contribution in [1.29, 1.82) is 0 Å². The fraction of sp³-hybridized carbons (Fsp3) is 0.571. The second-order valence-electron chi connectivity index (χ2n) is 10.8. The van der Waals surface area contributed by atoms with Crippen molar-refractivity contribution >= 4 is 23.3 Å². The number of carbonyl (C=O) groups is 2. The molecular weight excluding hydrogens is 468 g/mol. The summed E-state index contributed by atoms with van der Waals surface area (Å²) in [5.41, 5.74) is 10.1. The lowest BCUT2D eigenvalue weighted by Gasteiger charge is -2.43. The Kier molecular flexibility index (Phi) is 6.72. The summed E-state index contributed by atoms with van der Waals surface area (Å²) in [6.07, 6.45) is 6.60. The minimum atomic E-state index is -0.889. The van der Waals surface area contributed by atoms with Crippen molar-refractivity contribution in [3.05, 3.63) is 46.2 Å². The van der Waals surface area contributed by atoms with E-state index in [1.54, 1.807) is 4.52 Å². The van der Waals surface area contributed by atoms with E-state index in [1.165, 1.54) is 0 Å². The van der Waals surface area contributed by atoms with Gasteiger partial charge in [-0.05, 0) is 76.0 Å². The molecule has 1 aliphatic heterocycles. The number of nitrogens with two attached hydrogens (primary N) is 1. The van der Waals surface area contributed by atoms with Crippen LogP contribution in [0.2, 0.25) is 0 Å². The highest BCUT2D eigenvalue weighted by atomic mass is 16.6. The number of rotatable bonds is 7. The number of esters is 1. The first-order valence-corrected chi connectivity index (χ1v) is 13.4. The predicted molar refractivity (Wildman–Crippen MR) is 139 cm³/mol. The number of hydrogen-bond donors (Lipinski definition) is 1. The van der Waals surface area contributed by atoms with Crippen LogP contribution < -0.4 is 5.73 Å². The summed E-state index contributed by atoms with van der Waals surface area (Å²) in [6.45, 7) is 7.85. The number of Topliss-reactive ketones (excluding diaryl/α,β-unsaturated/α-hetero) is 1. The van der Waals surface area contributed by atoms with Crippen molar-refractivity contribution < 1.29 is 14.3 Å². The average molecular weight is 505 g/mol. The molecule has 0 amide bonds. The summed E-state index contributed by atoms with van der Waals surface area (Å²) >= 11 is 0. The molecule has 0 spiro atoms. The SMILES string of the molecule is CCc1cc(CCC2(C3CCCC3)CC(=O)C(Cc3nc4nc(C)cc(C)n4n3)C(=O)O2)c(C)nc1N. The van der Waals surface area contributed by atoms with Gasteiger partial charge in [0, 0.05) is 29.9 Å². The second-order valence-corrected chi connectivity index (χ2v) is 10.8. The largest absolute Gasteiger partial charge is 0.458 e. The molecule has 9 nitrogen and oxygen atoms in total. The molecule has 1 saturated heterocycles. The van der Waals surface area contributed by atoms with E-state index in [-0.39, 0.29) is 24.5 Å². The fourth-order valence-corrected chi connectivity index (χ4v) is 6.15. The van der Waals surface area contributed by atoms with Crippen molar-refractivity contribution in [3.63, 3.8) is 0 Å². The molecule has 1 saturated carbocycles. The first-order chi connectivity index (χ1) is 17.7. The number of nitrogens with zero attached hydrogens (tertiary/aromatic N) is 5. The lowest BCUT2D eigenvalue weighted by atomic mass is 9.73. The predicted octanol–water partition coefficient (Wildman–Crippen LogP) is 3.83. The Balaban J connectivity index is 1.37. The molecule has 1 aliphatic carbocycles. The third-order valence-corrected chi connectivity index (χ3v) is 8.23. The number of hydrogen-bond acceptors (Lipinski definition) is 8. The lowest BCUT2D eigenvalue weighted by Crippen LogP contribution is -2.52. The molecule has 2 fully saturated rings. The minimum Gasteiger partial charge on any atom is -0.458 e. The van der Waals surface area contributed by atoms with Gasteiger partial charge in [0.2, 0.25) is 0 Å². The smallest absolute Gasteiger partial charge is 0.317 e. The Morgan fingerprint density at radius 2 is 1.84 bits per heavy atom. The molecule has 3 aromatic heterocycles. The Morgan fingerprint density at radius 3 is 2.54 bits per heavy atom. The van der Waals surface area contributed by atoms with Crippen molar-refractivity contribution in [2.24, 2.45) is 11.8 Å². The molecule has 3 aromatic rings. The van der Waals surface area contributed by atoms with E-state index in [0.717, 1.165) is 60.3 Å². The summed E-state index contributed by atoms with van der Waals surface area (Å²) in [6, 6.07) is 4.03. The van der Waals surface area contributed by atoms with E-state index in [4.69, 9.17) is 10.5 Å². The van der Waals surface area contributed by atoms with Crippen LogP contribution in [0, 0.1) is 32.6 Å². The van der Waals surface area contributed by atoms with Gasteiger partial charge in [0.15, 0.2) is 11.6 Å². The maximum atomic E-state index is 13.5. The molecule has 2 unspecified atom stereocenters. The van der Waals surface area contributed by atoms with Crippen LogP contribution in [0.3, 0.4) is 0 Å². The molecule has 4 heterocycles. The number of aryl methyl sites for hydroxylation is 5. The number of nitrogen functional groups attached to an aromatic ring is 1. The Morgan fingerprint density at radius 1 is 1.08 bits per heavy atom. The molecule has 9 heteroatoms. The summed E-state index contributed by atoms with van der Waals surface area (Å²) in [5.74, 6) is 0.243. The molecule has 2 atom stereocenters. The van der Waals surface area contributed by atoms with Crippen LogP contribution in [0.4, 0.5) is 5.82 Å². The van der Waals surface area contributed by atoms with Crippen molar-refractivity contribution in [3.8, 4) is 0 Å². The highest BCUT2D eigenvalue weighted by Gasteiger charge is 2.51. The number of fused-ring (bicyclic) bond motifs is 1. The van der Waals surface area contributed by atoms with Gasteiger partial charge in [-0.15, -0.1) is 5.10 Å². The summed E-state index contributed by atoms with van der Waals surface area (Å²) in [5, 5.41) is 4.51. The first-order valence-electron chi connectivity index (χ1n) is 13.4. The zero-order valence-corrected chi connectivity index (χ0v) is 22.2. The minimum absolute atomic E-state index is 0.0794. The highest BCUT2D eigenvalue weighted by molar-refractivity contribution is 6.01. The molecule has 2 aliphatic rings. The zero-order chi connectivity index (χ0) is 26.3. The topological polar surface area (TPSA) is 125 Å². The van der Waals surface area contributed by atoms with Crippen molar-refractivity contribution in [2.45, 2.75) is 91.1 Å². The van der Waals surface area contributed by atoms with Crippen molar-refractivity contribution in [1.82, 2.24) is 24.6 Å². The maximum absolute atomic E-state index is 13.5. The van der Waals surface area contributed by atoms with Gasteiger partial charge in [-0.2, -0.15) is 4.98 Å². The Bertz CT molecular complexity index is 1340. The van der Waals surface area contributed by atoms with Gasteiger partial charge in [0.05, 0.1) is 0 Å². The van der Waals surface area contributed by atoms with Crippen LogP contribution in [-0.2, 0) is 33.6 Å². The van der Waals surface area contributed by atoms with Crippen LogP contribution in [0.5, 0.6) is 0 Å². The maximum Gasteiger partial charge on any atom is 0.317 e. The van der Waals surface area contributed by atoms with Gasteiger partial charge >= 0.3 is 5.97 Å². The molecule has 0 radical (unpaired) electrons. The number of anilines is 1. The van der Waals surface area contributed by atoms with E-state index in [2.05, 4.69) is 33.0 Å². The number of ether oxygens (including phenoxy) is 1. The Labute approximate surface area is 217 Å². The van der Waals surface area contributed by atoms with E-state index >= 15 is 0 Å². The normalized spacial score (nSPS) is 22.6. The van der Waals surface area contributed by atoms with Crippen LogP contribution in [0.15, 0.2) is 12.1 Å². The lowest BCUT2D eigenvalue weighted by molar-refractivity contribution is -0.185. The van der Waals surface area contributed by atoms with E-state index in [0.29, 0.717) is 30.3 Å². The van der Waals surface area contributed by atoms with E-state index in [9.17, 15) is 9.59 Å². The third kappa shape index (κ3) is 4.83. The van der Waals surface area contributed by atoms with E-state index < -0.39 is 17.5 Å². The molecule has 0 aromatic carbocycles. The Hall–Kier alpha value is -3.36. The number of ketones is 1. The molecule has 0 bridgehead atoms. The number of carbonyl (C=O) groups excluding carboxylic acids is 2. The van der Waals surface area contributed by atoms with Crippen molar-refractivity contribution in [2.75, 3.05) is 5.73 Å². The number of aromatic nitrogens is 5. The summed E-state index contributed by atoms with van der Waals surface area (Å²) < 4.78 is 7.94. The second kappa shape index (κ2) is 9.84. The number of pyridine rings is 1. The fourth-order valence-electron chi connectivity index (χ4n) is 6.15. The molecule has 5 rings (SSSR count). The van der Waals surface area contributed by atoms with E-state index in [1.807, 2.05) is 26.8 Å². The average Bonchev–Trinajstić information content (AvgIpc) is 3.52. The monoisotopic (exact) mass is 504 g/mol. The first kappa shape index (κ1) is 25.3. The summed E-state index contributed by atoms with van der Waals surface area (Å²) in [4.78, 5) is 40.4. The third-order valence-electron chi connectivity index (χ3n) is 8.23. The van der Waals surface area contributed by atoms with Gasteiger partial charge in [-0.25, -0.2) is 14.5 Å². The zero-order valence-electron chi connectivity index (χ0n) is 22.2. The van der Waals surface area contributed by atoms with Crippen LogP contribution in [0.25, 0.3) is 5.78 Å². The van der Waals surface area contributed by atoms with Crippen LogP contribution >= 0.6 is 0 Å². The van der Waals surface area contributed by atoms with Gasteiger partial charge < -0.3 is 10.5 Å². The van der Waals surface area contributed by atoms with Gasteiger partial charge in [-0.1, -0.05) is 25.8 Å². The van der Waals surface area contributed by atoms with Crippen LogP contribution in [0.1, 0.15) is 79.5 Å².